The van der Waals surface area contributed by atoms with Crippen molar-refractivity contribution in [1.82, 2.24) is 0 Å². The van der Waals surface area contributed by atoms with E-state index in [1.807, 2.05) is 6.92 Å². The number of unbranched alkanes of at least 4 members (excludes halogenated alkanes) is 4. The van der Waals surface area contributed by atoms with Crippen LogP contribution < -0.4 is 0 Å². The van der Waals surface area contributed by atoms with Crippen LogP contribution in [0, 0.1) is 5.92 Å². The fraction of sp³-hybridized carbons (Fsp3) is 0.929. The third kappa shape index (κ3) is 9.42. The molecule has 0 aliphatic carbocycles. The molecule has 0 aliphatic heterocycles. The van der Waals surface area contributed by atoms with E-state index in [4.69, 9.17) is 4.89 Å². The van der Waals surface area contributed by atoms with E-state index >= 15 is 0 Å². The van der Waals surface area contributed by atoms with Crippen LogP contribution in [-0.2, 0) is 19.6 Å². The third-order valence-corrected chi connectivity index (χ3v) is 2.98. The van der Waals surface area contributed by atoms with Crippen molar-refractivity contribution in [1.29, 1.82) is 0 Å². The molecule has 1 atom stereocenters. The van der Waals surface area contributed by atoms with Crippen LogP contribution in [0.4, 0.5) is 0 Å². The van der Waals surface area contributed by atoms with E-state index in [0.717, 1.165) is 38.5 Å². The lowest BCUT2D eigenvalue weighted by Crippen LogP contribution is -2.17. The summed E-state index contributed by atoms with van der Waals surface area (Å²) in [6, 6.07) is 0. The molecule has 0 bridgehead atoms. The molecular formula is C14H28O4. The van der Waals surface area contributed by atoms with Crippen LogP contribution in [0.5, 0.6) is 0 Å². The minimum absolute atomic E-state index is 0.0753. The maximum atomic E-state index is 11.6. The summed E-state index contributed by atoms with van der Waals surface area (Å²) in [5.74, 6) is -0.395. The molecule has 4 nitrogen and oxygen atoms in total. The van der Waals surface area contributed by atoms with Crippen molar-refractivity contribution in [2.75, 3.05) is 6.61 Å². The fourth-order valence-electron chi connectivity index (χ4n) is 1.69. The number of hydrogen-bond donors (Lipinski definition) is 0. The summed E-state index contributed by atoms with van der Waals surface area (Å²) < 4.78 is 0. The summed E-state index contributed by atoms with van der Waals surface area (Å²) >= 11 is 0. The SMILES string of the molecule is CCCCCCOOOC(=O)C(CC)CCCC. The van der Waals surface area contributed by atoms with E-state index < -0.39 is 0 Å². The van der Waals surface area contributed by atoms with E-state index in [9.17, 15) is 4.79 Å². The molecule has 0 aromatic heterocycles. The molecule has 0 heterocycles. The minimum atomic E-state index is -0.320. The van der Waals surface area contributed by atoms with Crippen molar-refractivity contribution in [3.63, 3.8) is 0 Å². The molecule has 0 fully saturated rings. The Hall–Kier alpha value is -0.610. The average molecular weight is 260 g/mol. The van der Waals surface area contributed by atoms with Crippen molar-refractivity contribution in [2.45, 2.75) is 72.1 Å². The largest absolute Gasteiger partial charge is 0.348 e. The van der Waals surface area contributed by atoms with E-state index in [1.54, 1.807) is 0 Å². The Morgan fingerprint density at radius 3 is 2.33 bits per heavy atom. The lowest BCUT2D eigenvalue weighted by molar-refractivity contribution is -0.487. The summed E-state index contributed by atoms with van der Waals surface area (Å²) in [6.45, 7) is 6.71. The monoisotopic (exact) mass is 260 g/mol. The second-order valence-corrected chi connectivity index (χ2v) is 4.60. The molecule has 0 saturated carbocycles. The molecule has 0 aliphatic rings. The Balaban J connectivity index is 3.49. The van der Waals surface area contributed by atoms with Crippen LogP contribution in [0.1, 0.15) is 72.1 Å². The standard InChI is InChI=1S/C14H28O4/c1-4-7-9-10-12-16-18-17-14(15)13(6-3)11-8-5-2/h13H,4-12H2,1-3H3. The molecule has 0 amide bonds. The maximum Gasteiger partial charge on any atom is 0.348 e. The zero-order chi connectivity index (χ0) is 13.6. The van der Waals surface area contributed by atoms with Gasteiger partial charge in [-0.3, -0.25) is 4.89 Å². The Labute approximate surface area is 111 Å². The van der Waals surface area contributed by atoms with Gasteiger partial charge in [0.25, 0.3) is 0 Å². The van der Waals surface area contributed by atoms with E-state index in [-0.39, 0.29) is 11.9 Å². The zero-order valence-electron chi connectivity index (χ0n) is 12.1. The molecule has 0 aromatic rings. The molecule has 108 valence electrons. The van der Waals surface area contributed by atoms with Crippen LogP contribution in [0.15, 0.2) is 0 Å². The normalized spacial score (nSPS) is 12.4. The van der Waals surface area contributed by atoms with Crippen molar-refractivity contribution in [3.05, 3.63) is 0 Å². The first kappa shape index (κ1) is 17.4. The van der Waals surface area contributed by atoms with Crippen LogP contribution in [-0.4, -0.2) is 12.6 Å². The number of rotatable bonds is 12. The number of hydrogen-bond acceptors (Lipinski definition) is 4. The summed E-state index contributed by atoms with van der Waals surface area (Å²) in [4.78, 5) is 21.0. The van der Waals surface area contributed by atoms with Crippen LogP contribution >= 0.6 is 0 Å². The van der Waals surface area contributed by atoms with Gasteiger partial charge in [-0.15, -0.1) is 0 Å². The molecule has 0 spiro atoms. The maximum absolute atomic E-state index is 11.6. The Kier molecular flexibility index (Phi) is 12.4. The summed E-state index contributed by atoms with van der Waals surface area (Å²) in [5, 5.41) is 4.49. The van der Waals surface area contributed by atoms with Gasteiger partial charge in [-0.25, -0.2) is 4.79 Å². The van der Waals surface area contributed by atoms with Gasteiger partial charge in [0.1, 0.15) is 0 Å². The van der Waals surface area contributed by atoms with Gasteiger partial charge in [0.2, 0.25) is 0 Å². The first-order valence-corrected chi connectivity index (χ1v) is 7.26. The Morgan fingerprint density at radius 1 is 1.00 bits per heavy atom. The van der Waals surface area contributed by atoms with Gasteiger partial charge in [-0.1, -0.05) is 52.9 Å². The van der Waals surface area contributed by atoms with Crippen molar-refractivity contribution >= 4 is 5.97 Å². The lowest BCUT2D eigenvalue weighted by Gasteiger charge is -2.11. The highest BCUT2D eigenvalue weighted by molar-refractivity contribution is 5.71. The minimum Gasteiger partial charge on any atom is -0.269 e. The zero-order valence-corrected chi connectivity index (χ0v) is 12.1. The second kappa shape index (κ2) is 12.8. The highest BCUT2D eigenvalue weighted by Crippen LogP contribution is 2.14. The summed E-state index contributed by atoms with van der Waals surface area (Å²) in [6.07, 6.45) is 8.16. The second-order valence-electron chi connectivity index (χ2n) is 4.60. The predicted molar refractivity (Wildman–Crippen MR) is 70.6 cm³/mol. The molecule has 18 heavy (non-hydrogen) atoms. The molecule has 0 rings (SSSR count). The summed E-state index contributed by atoms with van der Waals surface area (Å²) in [5.41, 5.74) is 0. The molecule has 4 heteroatoms. The quantitative estimate of drug-likeness (QED) is 0.300. The van der Waals surface area contributed by atoms with Crippen LogP contribution in [0.25, 0.3) is 0 Å². The van der Waals surface area contributed by atoms with Gasteiger partial charge in [-0.05, 0) is 24.3 Å². The van der Waals surface area contributed by atoms with Crippen LogP contribution in [0.2, 0.25) is 0 Å². The lowest BCUT2D eigenvalue weighted by atomic mass is 10.00. The van der Waals surface area contributed by atoms with Crippen molar-refractivity contribution < 1.29 is 19.6 Å². The first-order chi connectivity index (χ1) is 8.76. The topological polar surface area (TPSA) is 44.8 Å². The van der Waals surface area contributed by atoms with Gasteiger partial charge in [0, 0.05) is 0 Å². The molecule has 1 unspecified atom stereocenters. The van der Waals surface area contributed by atoms with E-state index in [0.29, 0.717) is 6.61 Å². The predicted octanol–water partition coefficient (Wildman–Crippen LogP) is 4.19. The van der Waals surface area contributed by atoms with Crippen LogP contribution in [0.3, 0.4) is 0 Å². The van der Waals surface area contributed by atoms with E-state index in [1.165, 1.54) is 12.8 Å². The number of carbonyl (C=O) groups excluding carboxylic acids is 1. The fourth-order valence-corrected chi connectivity index (χ4v) is 1.69. The van der Waals surface area contributed by atoms with Gasteiger partial charge < -0.3 is 0 Å². The van der Waals surface area contributed by atoms with Gasteiger partial charge >= 0.3 is 5.97 Å². The molecule has 0 aromatic carbocycles. The van der Waals surface area contributed by atoms with Gasteiger partial charge in [0.05, 0.1) is 12.5 Å². The van der Waals surface area contributed by atoms with Gasteiger partial charge in [-0.2, -0.15) is 4.89 Å². The molecule has 0 saturated heterocycles. The highest BCUT2D eigenvalue weighted by Gasteiger charge is 2.18. The third-order valence-electron chi connectivity index (χ3n) is 2.98. The molecule has 0 N–H and O–H groups in total. The molecular weight excluding hydrogens is 232 g/mol. The van der Waals surface area contributed by atoms with Gasteiger partial charge in [0.15, 0.2) is 0 Å². The highest BCUT2D eigenvalue weighted by atomic mass is 17.5. The number of carbonyl (C=O) groups is 1. The molecule has 0 radical (unpaired) electrons. The Morgan fingerprint density at radius 2 is 1.72 bits per heavy atom. The summed E-state index contributed by atoms with van der Waals surface area (Å²) in [7, 11) is 0. The van der Waals surface area contributed by atoms with E-state index in [2.05, 4.69) is 23.8 Å². The van der Waals surface area contributed by atoms with Crippen molar-refractivity contribution in [2.24, 2.45) is 5.92 Å². The Bertz CT molecular complexity index is 194. The smallest absolute Gasteiger partial charge is 0.269 e. The average Bonchev–Trinajstić information content (AvgIpc) is 2.38. The first-order valence-electron chi connectivity index (χ1n) is 7.26. The van der Waals surface area contributed by atoms with Crippen molar-refractivity contribution in [3.8, 4) is 0 Å².